The van der Waals surface area contributed by atoms with Gasteiger partial charge in [-0.2, -0.15) is 0 Å². The molecule has 1 aromatic heterocycles. The van der Waals surface area contributed by atoms with Gasteiger partial charge in [0, 0.05) is 11.8 Å². The van der Waals surface area contributed by atoms with Crippen molar-refractivity contribution in [3.05, 3.63) is 23.4 Å². The van der Waals surface area contributed by atoms with Crippen LogP contribution in [0.5, 0.6) is 5.88 Å². The van der Waals surface area contributed by atoms with Crippen LogP contribution in [0.2, 0.25) is 0 Å². The van der Waals surface area contributed by atoms with Gasteiger partial charge in [0.05, 0.1) is 5.88 Å². The van der Waals surface area contributed by atoms with Gasteiger partial charge in [-0.25, -0.2) is 4.98 Å². The van der Waals surface area contributed by atoms with Crippen LogP contribution in [0.15, 0.2) is 12.3 Å². The minimum Gasteiger partial charge on any atom is -0.388 e. The maximum Gasteiger partial charge on any atom is 0.574 e. The lowest BCUT2D eigenvalue weighted by Gasteiger charge is -2.11. The van der Waals surface area contributed by atoms with Crippen molar-refractivity contribution in [2.24, 2.45) is 0 Å². The first kappa shape index (κ1) is 11.1. The zero-order valence-corrected chi connectivity index (χ0v) is 7.99. The average Bonchev–Trinajstić information content (AvgIpc) is 2.01. The third-order valence-electron chi connectivity index (χ3n) is 1.60. The number of hydrogen-bond acceptors (Lipinski definition) is 2. The van der Waals surface area contributed by atoms with Crippen molar-refractivity contribution in [2.45, 2.75) is 19.2 Å². The molecule has 0 aliphatic rings. The number of nitrogens with zero attached hydrogens (tertiary/aromatic N) is 1. The summed E-state index contributed by atoms with van der Waals surface area (Å²) in [6.45, 7) is 1.64. The molecule has 0 atom stereocenters. The quantitative estimate of drug-likeness (QED) is 0.722. The molecule has 0 N–H and O–H groups in total. The fourth-order valence-electron chi connectivity index (χ4n) is 0.924. The summed E-state index contributed by atoms with van der Waals surface area (Å²) in [4.78, 5) is 3.47. The van der Waals surface area contributed by atoms with E-state index in [1.165, 1.54) is 6.20 Å². The van der Waals surface area contributed by atoms with Crippen LogP contribution in [0.25, 0.3) is 0 Å². The highest BCUT2D eigenvalue weighted by molar-refractivity contribution is 6.17. The van der Waals surface area contributed by atoms with Crippen LogP contribution in [0.4, 0.5) is 13.2 Å². The van der Waals surface area contributed by atoms with Gasteiger partial charge in [-0.15, -0.1) is 24.8 Å². The first-order valence-corrected chi connectivity index (χ1v) is 4.23. The van der Waals surface area contributed by atoms with Crippen LogP contribution in [0, 0.1) is 6.92 Å². The summed E-state index contributed by atoms with van der Waals surface area (Å²) in [5.41, 5.74) is 0.876. The van der Waals surface area contributed by atoms with Crippen LogP contribution in [-0.4, -0.2) is 11.3 Å². The van der Waals surface area contributed by atoms with Gasteiger partial charge in [0.1, 0.15) is 0 Å². The van der Waals surface area contributed by atoms with Crippen molar-refractivity contribution >= 4 is 11.6 Å². The van der Waals surface area contributed by atoms with Gasteiger partial charge in [-0.05, 0) is 18.6 Å². The molecular formula is C8H7ClF3NO. The molecule has 2 nitrogen and oxygen atoms in total. The first-order valence-electron chi connectivity index (χ1n) is 3.70. The summed E-state index contributed by atoms with van der Waals surface area (Å²) < 4.78 is 39.4. The van der Waals surface area contributed by atoms with Crippen LogP contribution in [-0.2, 0) is 5.88 Å². The highest BCUT2D eigenvalue weighted by Gasteiger charge is 2.32. The van der Waals surface area contributed by atoms with E-state index in [9.17, 15) is 13.2 Å². The molecule has 1 aromatic rings. The highest BCUT2D eigenvalue weighted by Crippen LogP contribution is 2.26. The molecule has 0 bridgehead atoms. The van der Waals surface area contributed by atoms with E-state index in [-0.39, 0.29) is 11.4 Å². The summed E-state index contributed by atoms with van der Waals surface area (Å²) in [6, 6.07) is 1.57. The van der Waals surface area contributed by atoms with Crippen molar-refractivity contribution in [1.82, 2.24) is 4.98 Å². The van der Waals surface area contributed by atoms with E-state index < -0.39 is 12.2 Å². The fourth-order valence-corrected chi connectivity index (χ4v) is 1.25. The van der Waals surface area contributed by atoms with Crippen LogP contribution < -0.4 is 4.74 Å². The summed E-state index contributed by atoms with van der Waals surface area (Å²) in [7, 11) is 0. The molecular weight excluding hydrogens is 219 g/mol. The number of aromatic nitrogens is 1. The molecule has 0 spiro atoms. The van der Waals surface area contributed by atoms with Crippen LogP contribution >= 0.6 is 11.6 Å². The maximum absolute atomic E-state index is 11.9. The lowest BCUT2D eigenvalue weighted by molar-refractivity contribution is -0.276. The molecule has 1 rings (SSSR count). The van der Waals surface area contributed by atoms with Crippen molar-refractivity contribution in [2.75, 3.05) is 0 Å². The zero-order valence-electron chi connectivity index (χ0n) is 7.23. The standard InChI is InChI=1S/C8H7ClF3NO/c1-5-2-3-13-7(6(5)4-9)14-8(10,11)12/h2-3H,4H2,1H3. The maximum atomic E-state index is 11.9. The molecule has 0 fully saturated rings. The van der Waals surface area contributed by atoms with E-state index in [1.807, 2.05) is 0 Å². The van der Waals surface area contributed by atoms with Gasteiger partial charge in [-0.3, -0.25) is 0 Å². The van der Waals surface area contributed by atoms with E-state index in [2.05, 4.69) is 9.72 Å². The van der Waals surface area contributed by atoms with Gasteiger partial charge in [0.2, 0.25) is 5.88 Å². The predicted molar refractivity (Wildman–Crippen MR) is 45.2 cm³/mol. The normalized spacial score (nSPS) is 11.5. The molecule has 1 heterocycles. The minimum atomic E-state index is -4.73. The third-order valence-corrected chi connectivity index (χ3v) is 1.86. The Kier molecular flexibility index (Phi) is 3.21. The van der Waals surface area contributed by atoms with Crippen molar-refractivity contribution in [3.63, 3.8) is 0 Å². The molecule has 0 aromatic carbocycles. The molecule has 78 valence electrons. The number of ether oxygens (including phenoxy) is 1. The number of alkyl halides is 4. The van der Waals surface area contributed by atoms with Crippen molar-refractivity contribution in [3.8, 4) is 5.88 Å². The lowest BCUT2D eigenvalue weighted by atomic mass is 10.2. The predicted octanol–water partition coefficient (Wildman–Crippen LogP) is 3.03. The Morgan fingerprint density at radius 1 is 1.50 bits per heavy atom. The van der Waals surface area contributed by atoms with E-state index in [1.54, 1.807) is 13.0 Å². The van der Waals surface area contributed by atoms with Crippen molar-refractivity contribution < 1.29 is 17.9 Å². The van der Waals surface area contributed by atoms with Crippen molar-refractivity contribution in [1.29, 1.82) is 0 Å². The molecule has 0 amide bonds. The molecule has 6 heteroatoms. The van der Waals surface area contributed by atoms with Crippen LogP contribution in [0.1, 0.15) is 11.1 Å². The van der Waals surface area contributed by atoms with Gasteiger partial charge in [0.25, 0.3) is 0 Å². The SMILES string of the molecule is Cc1ccnc(OC(F)(F)F)c1CCl. The fraction of sp³-hybridized carbons (Fsp3) is 0.375. The lowest BCUT2D eigenvalue weighted by Crippen LogP contribution is -2.19. The summed E-state index contributed by atoms with van der Waals surface area (Å²) >= 11 is 5.48. The second-order valence-electron chi connectivity index (χ2n) is 2.59. The summed E-state index contributed by atoms with van der Waals surface area (Å²) in [5, 5.41) is 0. The number of rotatable bonds is 2. The first-order chi connectivity index (χ1) is 6.44. The number of pyridine rings is 1. The molecule has 0 aliphatic heterocycles. The largest absolute Gasteiger partial charge is 0.574 e. The Labute approximate surface area is 83.7 Å². The molecule has 0 unspecified atom stereocenters. The second-order valence-corrected chi connectivity index (χ2v) is 2.86. The number of aryl methyl sites for hydroxylation is 1. The molecule has 0 saturated heterocycles. The molecule has 0 saturated carbocycles. The van der Waals surface area contributed by atoms with E-state index in [4.69, 9.17) is 11.6 Å². The Morgan fingerprint density at radius 2 is 2.14 bits per heavy atom. The van der Waals surface area contributed by atoms with Gasteiger partial charge < -0.3 is 4.74 Å². The summed E-state index contributed by atoms with van der Waals surface area (Å²) in [6.07, 6.45) is -3.49. The second kappa shape index (κ2) is 4.04. The Morgan fingerprint density at radius 3 is 2.64 bits per heavy atom. The Hall–Kier alpha value is -0.970. The zero-order chi connectivity index (χ0) is 10.8. The number of halogens is 4. The molecule has 14 heavy (non-hydrogen) atoms. The monoisotopic (exact) mass is 225 g/mol. The minimum absolute atomic E-state index is 0.0644. The third kappa shape index (κ3) is 2.77. The summed E-state index contributed by atoms with van der Waals surface area (Å²) in [5.74, 6) is -0.544. The smallest absolute Gasteiger partial charge is 0.388 e. The van der Waals surface area contributed by atoms with E-state index in [0.717, 1.165) is 0 Å². The van der Waals surface area contributed by atoms with Gasteiger partial charge in [0.15, 0.2) is 0 Å². The van der Waals surface area contributed by atoms with E-state index >= 15 is 0 Å². The average molecular weight is 226 g/mol. The topological polar surface area (TPSA) is 22.1 Å². The molecule has 0 aliphatic carbocycles. The molecule has 0 radical (unpaired) electrons. The number of hydrogen-bond donors (Lipinski definition) is 0. The van der Waals surface area contributed by atoms with Gasteiger partial charge >= 0.3 is 6.36 Å². The highest BCUT2D eigenvalue weighted by atomic mass is 35.5. The van der Waals surface area contributed by atoms with Gasteiger partial charge in [-0.1, -0.05) is 0 Å². The Balaban J connectivity index is 3.02. The Bertz CT molecular complexity index is 327. The van der Waals surface area contributed by atoms with Crippen LogP contribution in [0.3, 0.4) is 0 Å². The van der Waals surface area contributed by atoms with E-state index in [0.29, 0.717) is 5.56 Å².